The summed E-state index contributed by atoms with van der Waals surface area (Å²) in [7, 11) is 1.80. The number of anilines is 1. The first-order valence-corrected chi connectivity index (χ1v) is 4.92. The molecule has 1 aliphatic rings. The van der Waals surface area contributed by atoms with Crippen molar-refractivity contribution in [2.75, 3.05) is 12.1 Å². The van der Waals surface area contributed by atoms with E-state index < -0.39 is 6.10 Å². The number of rotatable bonds is 1. The van der Waals surface area contributed by atoms with Crippen molar-refractivity contribution in [3.8, 4) is 0 Å². The predicted octanol–water partition coefficient (Wildman–Crippen LogP) is 0.629. The largest absolute Gasteiger partial charge is 0.381 e. The van der Waals surface area contributed by atoms with Crippen molar-refractivity contribution in [1.29, 1.82) is 0 Å². The van der Waals surface area contributed by atoms with Crippen LogP contribution in [0.15, 0.2) is 30.3 Å². The number of hydrogen-bond acceptors (Lipinski definition) is 3. The minimum atomic E-state index is -0.935. The molecular formula is C11H14N2O2. The van der Waals surface area contributed by atoms with Crippen LogP contribution in [-0.2, 0) is 4.79 Å². The SMILES string of the molecule is CC1C(O)C(=O)N(c2ccccc2)N1C. The lowest BCUT2D eigenvalue weighted by Gasteiger charge is -2.26. The lowest BCUT2D eigenvalue weighted by atomic mass is 10.2. The van der Waals surface area contributed by atoms with Crippen molar-refractivity contribution < 1.29 is 9.90 Å². The van der Waals surface area contributed by atoms with Gasteiger partial charge in [0.2, 0.25) is 0 Å². The third-order valence-electron chi connectivity index (χ3n) is 2.82. The number of amides is 1. The van der Waals surface area contributed by atoms with Crippen molar-refractivity contribution in [1.82, 2.24) is 5.01 Å². The van der Waals surface area contributed by atoms with E-state index in [1.807, 2.05) is 37.3 Å². The van der Waals surface area contributed by atoms with Crippen LogP contribution in [0.1, 0.15) is 6.92 Å². The molecule has 1 aromatic carbocycles. The lowest BCUT2D eigenvalue weighted by Crippen LogP contribution is -2.38. The number of benzene rings is 1. The highest BCUT2D eigenvalue weighted by atomic mass is 16.3. The maximum absolute atomic E-state index is 11.8. The number of nitrogens with zero attached hydrogens (tertiary/aromatic N) is 2. The molecule has 1 amide bonds. The summed E-state index contributed by atoms with van der Waals surface area (Å²) in [6.07, 6.45) is -0.935. The van der Waals surface area contributed by atoms with E-state index in [-0.39, 0.29) is 11.9 Å². The summed E-state index contributed by atoms with van der Waals surface area (Å²) in [6.45, 7) is 1.82. The third-order valence-corrected chi connectivity index (χ3v) is 2.82. The van der Waals surface area contributed by atoms with E-state index in [2.05, 4.69) is 0 Å². The molecule has 2 unspecified atom stereocenters. The zero-order chi connectivity index (χ0) is 11.0. The first-order chi connectivity index (χ1) is 7.13. The molecule has 2 atom stereocenters. The minimum absolute atomic E-state index is 0.183. The highest BCUT2D eigenvalue weighted by Crippen LogP contribution is 2.25. The molecule has 1 N–H and O–H groups in total. The Morgan fingerprint density at radius 1 is 1.27 bits per heavy atom. The normalized spacial score (nSPS) is 27.4. The zero-order valence-electron chi connectivity index (χ0n) is 8.79. The second-order valence-electron chi connectivity index (χ2n) is 3.74. The van der Waals surface area contributed by atoms with Gasteiger partial charge in [0.05, 0.1) is 11.7 Å². The summed E-state index contributed by atoms with van der Waals surface area (Å²) in [6, 6.07) is 9.14. The Bertz CT molecular complexity index is 366. The molecule has 1 heterocycles. The van der Waals surface area contributed by atoms with Gasteiger partial charge in [-0.25, -0.2) is 10.0 Å². The molecule has 2 rings (SSSR count). The van der Waals surface area contributed by atoms with E-state index in [1.165, 1.54) is 5.01 Å². The number of hydrazine groups is 1. The summed E-state index contributed by atoms with van der Waals surface area (Å²) in [5.74, 6) is -0.267. The van der Waals surface area contributed by atoms with Crippen molar-refractivity contribution in [3.05, 3.63) is 30.3 Å². The third kappa shape index (κ3) is 1.52. The molecule has 1 aliphatic heterocycles. The fourth-order valence-electron chi connectivity index (χ4n) is 1.75. The molecule has 1 fully saturated rings. The summed E-state index contributed by atoms with van der Waals surface area (Å²) in [5, 5.41) is 12.9. The van der Waals surface area contributed by atoms with Crippen LogP contribution < -0.4 is 5.01 Å². The molecule has 0 saturated carbocycles. The Hall–Kier alpha value is -1.39. The van der Waals surface area contributed by atoms with Crippen molar-refractivity contribution in [2.45, 2.75) is 19.1 Å². The van der Waals surface area contributed by atoms with Gasteiger partial charge in [-0.3, -0.25) is 4.79 Å². The second kappa shape index (κ2) is 3.64. The van der Waals surface area contributed by atoms with Gasteiger partial charge in [0.15, 0.2) is 6.10 Å². The van der Waals surface area contributed by atoms with Crippen LogP contribution in [0.5, 0.6) is 0 Å². The van der Waals surface area contributed by atoms with Crippen LogP contribution in [0.3, 0.4) is 0 Å². The van der Waals surface area contributed by atoms with Crippen LogP contribution in [0.25, 0.3) is 0 Å². The Labute approximate surface area is 88.7 Å². The number of carbonyl (C=O) groups excluding carboxylic acids is 1. The number of likely N-dealkylation sites (N-methyl/N-ethyl adjacent to an activating group) is 1. The quantitative estimate of drug-likeness (QED) is 0.733. The molecule has 0 aliphatic carbocycles. The van der Waals surface area contributed by atoms with Crippen LogP contribution in [-0.4, -0.2) is 35.2 Å². The Morgan fingerprint density at radius 2 is 1.87 bits per heavy atom. The van der Waals surface area contributed by atoms with E-state index in [1.54, 1.807) is 12.1 Å². The Morgan fingerprint density at radius 3 is 2.33 bits per heavy atom. The number of aliphatic hydroxyl groups excluding tert-OH is 1. The monoisotopic (exact) mass is 206 g/mol. The average Bonchev–Trinajstić information content (AvgIpc) is 2.45. The van der Waals surface area contributed by atoms with E-state index in [0.29, 0.717) is 0 Å². The highest BCUT2D eigenvalue weighted by molar-refractivity contribution is 5.98. The number of carbonyl (C=O) groups is 1. The van der Waals surface area contributed by atoms with Crippen molar-refractivity contribution in [2.24, 2.45) is 0 Å². The Kier molecular flexibility index (Phi) is 2.46. The van der Waals surface area contributed by atoms with Crippen molar-refractivity contribution >= 4 is 11.6 Å². The number of para-hydroxylation sites is 1. The number of hydrogen-bond donors (Lipinski definition) is 1. The van der Waals surface area contributed by atoms with Crippen molar-refractivity contribution in [3.63, 3.8) is 0 Å². The Balaban J connectivity index is 2.35. The molecule has 0 radical (unpaired) electrons. The highest BCUT2D eigenvalue weighted by Gasteiger charge is 2.41. The molecule has 0 bridgehead atoms. The minimum Gasteiger partial charge on any atom is -0.381 e. The van der Waals surface area contributed by atoms with E-state index >= 15 is 0 Å². The second-order valence-corrected chi connectivity index (χ2v) is 3.74. The molecule has 4 heteroatoms. The molecule has 80 valence electrons. The fourth-order valence-corrected chi connectivity index (χ4v) is 1.75. The molecular weight excluding hydrogens is 192 g/mol. The molecule has 4 nitrogen and oxygen atoms in total. The van der Waals surface area contributed by atoms with Gasteiger partial charge in [-0.2, -0.15) is 0 Å². The predicted molar refractivity (Wildman–Crippen MR) is 57.2 cm³/mol. The van der Waals surface area contributed by atoms with E-state index in [4.69, 9.17) is 0 Å². The first kappa shape index (κ1) is 10.1. The van der Waals surface area contributed by atoms with Gasteiger partial charge in [-0.05, 0) is 19.1 Å². The maximum atomic E-state index is 11.8. The smallest absolute Gasteiger partial charge is 0.272 e. The lowest BCUT2D eigenvalue weighted by molar-refractivity contribution is -0.124. The summed E-state index contributed by atoms with van der Waals surface area (Å²) in [5.41, 5.74) is 0.786. The summed E-state index contributed by atoms with van der Waals surface area (Å²) < 4.78 is 0. The van der Waals surface area contributed by atoms with Crippen LogP contribution in [0.2, 0.25) is 0 Å². The van der Waals surface area contributed by atoms with Crippen LogP contribution in [0.4, 0.5) is 5.69 Å². The van der Waals surface area contributed by atoms with Gasteiger partial charge in [-0.15, -0.1) is 0 Å². The van der Waals surface area contributed by atoms with Gasteiger partial charge in [-0.1, -0.05) is 18.2 Å². The van der Waals surface area contributed by atoms with Gasteiger partial charge >= 0.3 is 0 Å². The fraction of sp³-hybridized carbons (Fsp3) is 0.364. The van der Waals surface area contributed by atoms with Gasteiger partial charge in [0.1, 0.15) is 0 Å². The first-order valence-electron chi connectivity index (χ1n) is 4.92. The topological polar surface area (TPSA) is 43.8 Å². The van der Waals surface area contributed by atoms with Gasteiger partial charge in [0, 0.05) is 7.05 Å². The standard InChI is InChI=1S/C11H14N2O2/c1-8-10(14)11(15)13(12(8)2)9-6-4-3-5-7-9/h3-8,10,14H,1-2H3. The molecule has 15 heavy (non-hydrogen) atoms. The molecule has 1 aromatic rings. The molecule has 1 saturated heterocycles. The number of aliphatic hydroxyl groups is 1. The van der Waals surface area contributed by atoms with Gasteiger partial charge < -0.3 is 5.11 Å². The van der Waals surface area contributed by atoms with Gasteiger partial charge in [0.25, 0.3) is 5.91 Å². The van der Waals surface area contributed by atoms with Crippen LogP contribution >= 0.6 is 0 Å². The average molecular weight is 206 g/mol. The summed E-state index contributed by atoms with van der Waals surface area (Å²) in [4.78, 5) is 11.8. The molecule has 0 spiro atoms. The molecule has 0 aromatic heterocycles. The van der Waals surface area contributed by atoms with Crippen LogP contribution in [0, 0.1) is 0 Å². The summed E-state index contributed by atoms with van der Waals surface area (Å²) >= 11 is 0. The van der Waals surface area contributed by atoms with E-state index in [0.717, 1.165) is 5.69 Å². The zero-order valence-corrected chi connectivity index (χ0v) is 8.79. The maximum Gasteiger partial charge on any atom is 0.272 e. The van der Waals surface area contributed by atoms with E-state index in [9.17, 15) is 9.90 Å².